The fraction of sp³-hybridized carbons (Fsp3) is 0.161. The molecule has 0 saturated heterocycles. The van der Waals surface area contributed by atoms with Crippen LogP contribution < -0.4 is 14.7 Å². The number of hydrogen-bond acceptors (Lipinski definition) is 6. The van der Waals surface area contributed by atoms with E-state index in [2.05, 4.69) is 288 Å². The number of fused-ring (bicyclic) bond motifs is 1. The zero-order valence-electron chi connectivity index (χ0n) is 40.2. The third kappa shape index (κ3) is 11.7. The molecule has 0 atom stereocenters. The lowest BCUT2D eigenvalue weighted by Gasteiger charge is -2.25. The maximum atomic E-state index is 2.37. The molecule has 10 aromatic rings. The van der Waals surface area contributed by atoms with E-state index in [9.17, 15) is 0 Å². The number of hydrogen-bond donors (Lipinski definition) is 0. The Balaban J connectivity index is 0.000000139. The molecule has 0 aliphatic heterocycles. The lowest BCUT2D eigenvalue weighted by molar-refractivity contribution is 0.890. The molecule has 0 saturated carbocycles. The van der Waals surface area contributed by atoms with Crippen LogP contribution in [0.25, 0.3) is 10.8 Å². The van der Waals surface area contributed by atoms with E-state index in [1.165, 1.54) is 80.1 Å². The van der Waals surface area contributed by atoms with Gasteiger partial charge in [0.25, 0.3) is 0 Å². The van der Waals surface area contributed by atoms with Crippen molar-refractivity contribution in [2.75, 3.05) is 14.7 Å². The Hall–Kier alpha value is -6.70. The van der Waals surface area contributed by atoms with Crippen LogP contribution in [-0.2, 0) is 0 Å². The smallest absolute Gasteiger partial charge is 0.100 e. The molecular weight excluding hydrogens is 883 g/mol. The molecule has 3 aromatic heterocycles. The van der Waals surface area contributed by atoms with Gasteiger partial charge in [0.15, 0.2) is 0 Å². The summed E-state index contributed by atoms with van der Waals surface area (Å²) in [5.41, 5.74) is 8.49. The minimum Gasteiger partial charge on any atom is -0.302 e. The fourth-order valence-corrected chi connectivity index (χ4v) is 11.1. The Morgan fingerprint density at radius 2 is 0.647 bits per heavy atom. The molecule has 6 heteroatoms. The molecule has 68 heavy (non-hydrogen) atoms. The summed E-state index contributed by atoms with van der Waals surface area (Å²) in [5.74, 6) is 1.68. The molecule has 0 radical (unpaired) electrons. The van der Waals surface area contributed by atoms with Gasteiger partial charge in [0, 0.05) is 48.5 Å². The molecule has 0 aliphatic carbocycles. The van der Waals surface area contributed by atoms with Crippen LogP contribution >= 0.6 is 34.0 Å². The van der Waals surface area contributed by atoms with Crippen molar-refractivity contribution >= 4 is 93.9 Å². The van der Waals surface area contributed by atoms with E-state index < -0.39 is 0 Å². The van der Waals surface area contributed by atoms with Gasteiger partial charge in [-0.2, -0.15) is 0 Å². The Bertz CT molecular complexity index is 3030. The van der Waals surface area contributed by atoms with Crippen molar-refractivity contribution in [3.8, 4) is 0 Å². The monoisotopic (exact) mass is 943 g/mol. The van der Waals surface area contributed by atoms with Crippen LogP contribution in [0.4, 0.5) is 49.1 Å². The topological polar surface area (TPSA) is 9.72 Å². The van der Waals surface area contributed by atoms with Crippen molar-refractivity contribution in [1.29, 1.82) is 0 Å². The quantitative estimate of drug-likeness (QED) is 0.121. The summed E-state index contributed by atoms with van der Waals surface area (Å²) in [6.07, 6.45) is 0. The lowest BCUT2D eigenvalue weighted by atomic mass is 10.1. The summed E-state index contributed by atoms with van der Waals surface area (Å²) < 4.78 is 0. The molecule has 3 heterocycles. The van der Waals surface area contributed by atoms with Gasteiger partial charge in [0.2, 0.25) is 0 Å². The minimum absolute atomic E-state index is 0.545. The van der Waals surface area contributed by atoms with E-state index in [4.69, 9.17) is 0 Å². The van der Waals surface area contributed by atoms with Crippen molar-refractivity contribution in [3.63, 3.8) is 0 Å². The molecule has 0 unspecified atom stereocenters. The Labute approximate surface area is 416 Å². The number of nitrogens with zero attached hydrogens (tertiary/aromatic N) is 3. The van der Waals surface area contributed by atoms with E-state index in [0.717, 1.165) is 0 Å². The van der Waals surface area contributed by atoms with Gasteiger partial charge in [-0.15, -0.1) is 34.0 Å². The highest BCUT2D eigenvalue weighted by atomic mass is 32.1. The average Bonchev–Trinajstić information content (AvgIpc) is 4.18. The average molecular weight is 944 g/mol. The van der Waals surface area contributed by atoms with Crippen LogP contribution in [-0.4, -0.2) is 0 Å². The molecular formula is C62H61N3S3. The number of thiophene rings is 3. The van der Waals surface area contributed by atoms with Crippen molar-refractivity contribution in [2.24, 2.45) is 0 Å². The first-order valence-corrected chi connectivity index (χ1v) is 26.0. The highest BCUT2D eigenvalue weighted by Crippen LogP contribution is 2.44. The van der Waals surface area contributed by atoms with Crippen LogP contribution in [0.5, 0.6) is 0 Å². The van der Waals surface area contributed by atoms with E-state index >= 15 is 0 Å². The molecule has 0 amide bonds. The molecule has 0 N–H and O–H groups in total. The van der Waals surface area contributed by atoms with Crippen LogP contribution in [0.1, 0.15) is 79.5 Å². The molecule has 0 aliphatic rings. The number of anilines is 9. The predicted octanol–water partition coefficient (Wildman–Crippen LogP) is 20.5. The summed E-state index contributed by atoms with van der Waals surface area (Å²) in [6, 6.07) is 79.5. The van der Waals surface area contributed by atoms with Crippen molar-refractivity contribution in [1.82, 2.24) is 0 Å². The van der Waals surface area contributed by atoms with Crippen LogP contribution in [0.2, 0.25) is 0 Å². The molecule has 342 valence electrons. The maximum absolute atomic E-state index is 2.37. The van der Waals surface area contributed by atoms with Crippen LogP contribution in [0, 0.1) is 6.92 Å². The third-order valence-electron chi connectivity index (χ3n) is 11.5. The number of para-hydroxylation sites is 4. The van der Waals surface area contributed by atoms with E-state index in [1.807, 2.05) is 34.0 Å². The lowest BCUT2D eigenvalue weighted by Crippen LogP contribution is -2.08. The number of benzene rings is 7. The van der Waals surface area contributed by atoms with Gasteiger partial charge in [0.1, 0.15) is 15.0 Å². The normalized spacial score (nSPS) is 11.0. The van der Waals surface area contributed by atoms with Crippen LogP contribution in [0.15, 0.2) is 224 Å². The van der Waals surface area contributed by atoms with Gasteiger partial charge >= 0.3 is 0 Å². The Morgan fingerprint density at radius 1 is 0.309 bits per heavy atom. The summed E-state index contributed by atoms with van der Waals surface area (Å²) in [5, 5.41) is 6.32. The SMILES string of the molecule is CC(C)c1ccc(N(c2ccccc2)c2cccc3ccccc23)s1.CC(C)c1ccc(N(c2ccccc2)c2ccccc2)s1.Cc1cccc(N(c2ccccc2)c2ccc(C(C)C)s2)c1. The highest BCUT2D eigenvalue weighted by molar-refractivity contribution is 7.17. The first kappa shape index (κ1) is 47.8. The second kappa shape index (κ2) is 22.9. The van der Waals surface area contributed by atoms with Gasteiger partial charge < -0.3 is 14.7 Å². The summed E-state index contributed by atoms with van der Waals surface area (Å²) in [7, 11) is 0. The van der Waals surface area contributed by atoms with Crippen molar-refractivity contribution < 1.29 is 0 Å². The Morgan fingerprint density at radius 3 is 1.06 bits per heavy atom. The summed E-state index contributed by atoms with van der Waals surface area (Å²) >= 11 is 5.61. The van der Waals surface area contributed by atoms with Gasteiger partial charge in [-0.25, -0.2) is 0 Å². The third-order valence-corrected chi connectivity index (χ3v) is 15.6. The number of aryl methyl sites for hydroxylation is 1. The molecule has 3 nitrogen and oxygen atoms in total. The van der Waals surface area contributed by atoms with E-state index in [0.29, 0.717) is 17.8 Å². The number of rotatable bonds is 12. The Kier molecular flexibility index (Phi) is 16.1. The summed E-state index contributed by atoms with van der Waals surface area (Å²) in [4.78, 5) is 11.3. The molecule has 0 fully saturated rings. The first-order valence-electron chi connectivity index (χ1n) is 23.6. The fourth-order valence-electron chi connectivity index (χ4n) is 7.99. The largest absolute Gasteiger partial charge is 0.302 e. The second-order valence-corrected chi connectivity index (χ2v) is 21.0. The predicted molar refractivity (Wildman–Crippen MR) is 302 cm³/mol. The van der Waals surface area contributed by atoms with E-state index in [1.54, 1.807) is 0 Å². The zero-order chi connectivity index (χ0) is 47.4. The van der Waals surface area contributed by atoms with Gasteiger partial charge in [0.05, 0.1) is 5.69 Å². The molecule has 7 aromatic carbocycles. The highest BCUT2D eigenvalue weighted by Gasteiger charge is 2.19. The summed E-state index contributed by atoms with van der Waals surface area (Å²) in [6.45, 7) is 15.6. The van der Waals surface area contributed by atoms with Gasteiger partial charge in [-0.1, -0.05) is 163 Å². The van der Waals surface area contributed by atoms with Crippen LogP contribution in [0.3, 0.4) is 0 Å². The standard InChI is InChI=1S/C23H21NS.C20H21NS.C19H19NS/c1-17(2)22-15-16-23(25-22)24(19-11-4-3-5-12-19)21-14-8-10-18-9-6-7-13-20(18)21;1-15(2)19-12-13-20(22-19)21(17-9-5-4-6-10-17)18-11-7-8-16(3)14-18;1-15(2)18-13-14-19(21-18)20(16-9-5-3-6-10-16)17-11-7-4-8-12-17/h3-17H,1-2H3;4-15H,1-3H3;3-15H,1-2H3. The van der Waals surface area contributed by atoms with Gasteiger partial charge in [-0.3, -0.25) is 0 Å². The minimum atomic E-state index is 0.545. The first-order chi connectivity index (χ1) is 33.1. The maximum Gasteiger partial charge on any atom is 0.100 e. The van der Waals surface area contributed by atoms with E-state index in [-0.39, 0.29) is 0 Å². The molecule has 10 rings (SSSR count). The van der Waals surface area contributed by atoms with Crippen molar-refractivity contribution in [3.05, 3.63) is 245 Å². The molecule has 0 spiro atoms. The molecule has 0 bridgehead atoms. The second-order valence-electron chi connectivity index (χ2n) is 17.7. The zero-order valence-corrected chi connectivity index (χ0v) is 42.6. The van der Waals surface area contributed by atoms with Gasteiger partial charge in [-0.05, 0) is 139 Å². The van der Waals surface area contributed by atoms with Crippen molar-refractivity contribution in [2.45, 2.75) is 66.2 Å².